The van der Waals surface area contributed by atoms with Gasteiger partial charge in [0.25, 0.3) is 0 Å². The van der Waals surface area contributed by atoms with Crippen LogP contribution in [0.15, 0.2) is 24.3 Å². The molecule has 1 saturated heterocycles. The van der Waals surface area contributed by atoms with Gasteiger partial charge >= 0.3 is 5.97 Å². The summed E-state index contributed by atoms with van der Waals surface area (Å²) in [5.74, 6) is -0.219. The second-order valence-corrected chi connectivity index (χ2v) is 4.55. The van der Waals surface area contributed by atoms with E-state index in [2.05, 4.69) is 4.90 Å². The topological polar surface area (TPSA) is 49.8 Å². The minimum absolute atomic E-state index is 0.0487. The van der Waals surface area contributed by atoms with Gasteiger partial charge in [-0.1, -0.05) is 12.1 Å². The number of carbonyl (C=O) groups is 1. The molecule has 0 radical (unpaired) electrons. The highest BCUT2D eigenvalue weighted by atomic mass is 16.5. The van der Waals surface area contributed by atoms with Crippen molar-refractivity contribution in [2.75, 3.05) is 27.2 Å². The summed E-state index contributed by atoms with van der Waals surface area (Å²) in [5.41, 5.74) is 1.04. The zero-order valence-electron chi connectivity index (χ0n) is 10.1. The van der Waals surface area contributed by atoms with Crippen LogP contribution in [0.1, 0.15) is 11.5 Å². The van der Waals surface area contributed by atoms with Crippen molar-refractivity contribution in [2.24, 2.45) is 5.92 Å². The maximum atomic E-state index is 11.2. The molecular formula is C13H17NO3. The van der Waals surface area contributed by atoms with E-state index in [-0.39, 0.29) is 11.8 Å². The molecule has 1 N–H and O–H groups in total. The van der Waals surface area contributed by atoms with Crippen molar-refractivity contribution in [3.05, 3.63) is 29.8 Å². The van der Waals surface area contributed by atoms with E-state index in [9.17, 15) is 9.90 Å². The molecule has 1 aliphatic heterocycles. The number of benzene rings is 1. The van der Waals surface area contributed by atoms with Gasteiger partial charge in [-0.3, -0.25) is 4.79 Å². The molecule has 17 heavy (non-hydrogen) atoms. The number of ether oxygens (including phenoxy) is 1. The van der Waals surface area contributed by atoms with E-state index in [1.165, 1.54) is 0 Å². The Morgan fingerprint density at radius 1 is 1.47 bits per heavy atom. The number of likely N-dealkylation sites (tertiary alicyclic amines) is 1. The quantitative estimate of drug-likeness (QED) is 0.861. The maximum absolute atomic E-state index is 11.2. The van der Waals surface area contributed by atoms with Crippen LogP contribution in [0.5, 0.6) is 5.75 Å². The number of hydrogen-bond acceptors (Lipinski definition) is 3. The van der Waals surface area contributed by atoms with Crippen molar-refractivity contribution in [3.8, 4) is 5.75 Å². The number of nitrogens with zero attached hydrogens (tertiary/aromatic N) is 1. The molecular weight excluding hydrogens is 218 g/mol. The van der Waals surface area contributed by atoms with Crippen molar-refractivity contribution < 1.29 is 14.6 Å². The van der Waals surface area contributed by atoms with Gasteiger partial charge in [0.2, 0.25) is 0 Å². The summed E-state index contributed by atoms with van der Waals surface area (Å²) in [4.78, 5) is 13.3. The van der Waals surface area contributed by atoms with Crippen LogP contribution in [-0.2, 0) is 4.79 Å². The molecule has 0 bridgehead atoms. The Morgan fingerprint density at radius 3 is 2.88 bits per heavy atom. The summed E-state index contributed by atoms with van der Waals surface area (Å²) < 4.78 is 5.18. The van der Waals surface area contributed by atoms with Crippen LogP contribution in [0.3, 0.4) is 0 Å². The molecule has 0 unspecified atom stereocenters. The highest BCUT2D eigenvalue weighted by Gasteiger charge is 2.36. The minimum Gasteiger partial charge on any atom is -0.497 e. The fourth-order valence-corrected chi connectivity index (χ4v) is 2.46. The first-order valence-corrected chi connectivity index (χ1v) is 5.67. The van der Waals surface area contributed by atoms with Gasteiger partial charge in [-0.2, -0.15) is 0 Å². The molecule has 2 atom stereocenters. The first-order chi connectivity index (χ1) is 8.11. The van der Waals surface area contributed by atoms with E-state index >= 15 is 0 Å². The second-order valence-electron chi connectivity index (χ2n) is 4.55. The number of hydrogen-bond donors (Lipinski definition) is 1. The van der Waals surface area contributed by atoms with E-state index in [4.69, 9.17) is 4.74 Å². The smallest absolute Gasteiger partial charge is 0.308 e. The minimum atomic E-state index is -0.720. The van der Waals surface area contributed by atoms with Crippen LogP contribution in [-0.4, -0.2) is 43.2 Å². The summed E-state index contributed by atoms with van der Waals surface area (Å²) in [6, 6.07) is 7.69. The monoisotopic (exact) mass is 235 g/mol. The average molecular weight is 235 g/mol. The number of likely N-dealkylation sites (N-methyl/N-ethyl adjacent to an activating group) is 1. The molecule has 1 aliphatic rings. The van der Waals surface area contributed by atoms with E-state index in [0.29, 0.717) is 6.54 Å². The molecule has 1 heterocycles. The van der Waals surface area contributed by atoms with Crippen molar-refractivity contribution in [2.45, 2.75) is 5.92 Å². The average Bonchev–Trinajstić information content (AvgIpc) is 2.72. The van der Waals surface area contributed by atoms with Gasteiger partial charge in [-0.25, -0.2) is 0 Å². The van der Waals surface area contributed by atoms with Gasteiger partial charge in [0.05, 0.1) is 13.0 Å². The first-order valence-electron chi connectivity index (χ1n) is 5.67. The Hall–Kier alpha value is -1.55. The molecule has 2 rings (SSSR count). The number of rotatable bonds is 3. The summed E-state index contributed by atoms with van der Waals surface area (Å²) in [7, 11) is 3.57. The van der Waals surface area contributed by atoms with Crippen molar-refractivity contribution in [1.82, 2.24) is 4.90 Å². The highest BCUT2D eigenvalue weighted by Crippen LogP contribution is 2.33. The van der Waals surface area contributed by atoms with Crippen molar-refractivity contribution in [1.29, 1.82) is 0 Å². The normalized spacial score (nSPS) is 24.8. The molecule has 1 fully saturated rings. The molecule has 0 spiro atoms. The lowest BCUT2D eigenvalue weighted by molar-refractivity contribution is -0.141. The zero-order chi connectivity index (χ0) is 12.4. The molecule has 1 aromatic rings. The summed E-state index contributed by atoms with van der Waals surface area (Å²) in [6.45, 7) is 1.39. The molecule has 4 nitrogen and oxygen atoms in total. The maximum Gasteiger partial charge on any atom is 0.308 e. The summed E-state index contributed by atoms with van der Waals surface area (Å²) in [6.07, 6.45) is 0. The third-order valence-corrected chi connectivity index (χ3v) is 3.34. The predicted molar refractivity (Wildman–Crippen MR) is 64.4 cm³/mol. The van der Waals surface area contributed by atoms with Crippen molar-refractivity contribution in [3.63, 3.8) is 0 Å². The van der Waals surface area contributed by atoms with Crippen LogP contribution in [0.4, 0.5) is 0 Å². The first kappa shape index (κ1) is 11.9. The van der Waals surface area contributed by atoms with Gasteiger partial charge in [0.15, 0.2) is 0 Å². The van der Waals surface area contributed by atoms with Crippen molar-refractivity contribution >= 4 is 5.97 Å². The Balaban J connectivity index is 2.28. The summed E-state index contributed by atoms with van der Waals surface area (Å²) in [5, 5.41) is 9.23. The standard InChI is InChI=1S/C13H17NO3/c1-14-7-11(12(8-14)13(15)16)9-4-3-5-10(6-9)17-2/h3-6,11-12H,7-8H2,1-2H3,(H,15,16)/t11-,12+/m1/s1. The molecule has 4 heteroatoms. The molecule has 1 aromatic carbocycles. The lowest BCUT2D eigenvalue weighted by Crippen LogP contribution is -2.21. The zero-order valence-corrected chi connectivity index (χ0v) is 10.1. The molecule has 92 valence electrons. The molecule has 0 saturated carbocycles. The lowest BCUT2D eigenvalue weighted by atomic mass is 9.89. The van der Waals surface area contributed by atoms with Gasteiger partial charge in [-0.05, 0) is 24.7 Å². The molecule has 0 aliphatic carbocycles. The lowest BCUT2D eigenvalue weighted by Gasteiger charge is -2.15. The van der Waals surface area contributed by atoms with Crippen LogP contribution in [0, 0.1) is 5.92 Å². The fraction of sp³-hybridized carbons (Fsp3) is 0.462. The van der Waals surface area contributed by atoms with Crippen LogP contribution in [0.2, 0.25) is 0 Å². The van der Waals surface area contributed by atoms with Gasteiger partial charge in [0, 0.05) is 19.0 Å². The number of aliphatic carboxylic acids is 1. The van der Waals surface area contributed by atoms with Gasteiger partial charge < -0.3 is 14.7 Å². The van der Waals surface area contributed by atoms with Crippen LogP contribution < -0.4 is 4.74 Å². The van der Waals surface area contributed by atoms with Crippen LogP contribution >= 0.6 is 0 Å². The number of carboxylic acids is 1. The van der Waals surface area contributed by atoms with E-state index in [1.54, 1.807) is 7.11 Å². The third kappa shape index (κ3) is 2.42. The van der Waals surface area contributed by atoms with Crippen LogP contribution in [0.25, 0.3) is 0 Å². The SMILES string of the molecule is COc1cccc([C@H]2CN(C)C[C@@H]2C(=O)O)c1. The molecule has 0 aromatic heterocycles. The van der Waals surface area contributed by atoms with Gasteiger partial charge in [0.1, 0.15) is 5.75 Å². The predicted octanol–water partition coefficient (Wildman–Crippen LogP) is 1.42. The van der Waals surface area contributed by atoms with Gasteiger partial charge in [-0.15, -0.1) is 0 Å². The fourth-order valence-electron chi connectivity index (χ4n) is 2.46. The molecule has 0 amide bonds. The Bertz CT molecular complexity index is 419. The van der Waals surface area contributed by atoms with E-state index in [1.807, 2.05) is 31.3 Å². The Kier molecular flexibility index (Phi) is 3.33. The summed E-state index contributed by atoms with van der Waals surface area (Å²) >= 11 is 0. The highest BCUT2D eigenvalue weighted by molar-refractivity contribution is 5.72. The van der Waals surface area contributed by atoms with E-state index in [0.717, 1.165) is 17.9 Å². The Labute approximate surface area is 101 Å². The number of carboxylic acid groups (broad SMARTS) is 1. The Morgan fingerprint density at radius 2 is 2.24 bits per heavy atom. The largest absolute Gasteiger partial charge is 0.497 e. The van der Waals surface area contributed by atoms with E-state index < -0.39 is 5.97 Å². The third-order valence-electron chi connectivity index (χ3n) is 3.34. The number of methoxy groups -OCH3 is 1. The second kappa shape index (κ2) is 4.75.